The van der Waals surface area contributed by atoms with Crippen LogP contribution in [0.25, 0.3) is 10.9 Å². The molecule has 2 amide bonds. The van der Waals surface area contributed by atoms with Crippen molar-refractivity contribution in [3.63, 3.8) is 0 Å². The number of H-pyrrole nitrogens is 1. The quantitative estimate of drug-likeness (QED) is 0.338. The van der Waals surface area contributed by atoms with Gasteiger partial charge >= 0.3 is 0 Å². The smallest absolute Gasteiger partial charge is 0.247 e. The maximum Gasteiger partial charge on any atom is 0.247 e. The van der Waals surface area contributed by atoms with Gasteiger partial charge in [0.15, 0.2) is 0 Å². The molecule has 5 rings (SSSR count). The van der Waals surface area contributed by atoms with E-state index < -0.39 is 6.04 Å². The SMILES string of the molecule is O=C(NC1CCCCC1)[C@@H](c1ccncc1)N(Cc1ccc(F)cc1)C(=O)Cc1c[nH]c2ccccc12. The monoisotopic (exact) mass is 498 g/mol. The number of rotatable bonds is 8. The summed E-state index contributed by atoms with van der Waals surface area (Å²) in [6.07, 6.45) is 10.5. The lowest BCUT2D eigenvalue weighted by atomic mass is 9.94. The molecule has 0 bridgehead atoms. The van der Waals surface area contributed by atoms with E-state index in [9.17, 15) is 14.0 Å². The number of para-hydroxylation sites is 1. The van der Waals surface area contributed by atoms with E-state index in [0.29, 0.717) is 5.56 Å². The zero-order valence-electron chi connectivity index (χ0n) is 20.7. The lowest BCUT2D eigenvalue weighted by molar-refractivity contribution is -0.141. The zero-order valence-corrected chi connectivity index (χ0v) is 20.7. The Morgan fingerprint density at radius 3 is 2.49 bits per heavy atom. The molecule has 37 heavy (non-hydrogen) atoms. The van der Waals surface area contributed by atoms with Crippen molar-refractivity contribution >= 4 is 22.7 Å². The largest absolute Gasteiger partial charge is 0.361 e. The summed E-state index contributed by atoms with van der Waals surface area (Å²) in [5.74, 6) is -0.733. The Labute approximate surface area is 215 Å². The van der Waals surface area contributed by atoms with E-state index in [1.807, 2.05) is 30.5 Å². The van der Waals surface area contributed by atoms with Crippen molar-refractivity contribution in [2.45, 2.75) is 57.2 Å². The number of carbonyl (C=O) groups is 2. The maximum absolute atomic E-state index is 14.0. The van der Waals surface area contributed by atoms with Crippen LogP contribution in [0.15, 0.2) is 79.3 Å². The predicted molar refractivity (Wildman–Crippen MR) is 141 cm³/mol. The topological polar surface area (TPSA) is 78.1 Å². The van der Waals surface area contributed by atoms with Crippen molar-refractivity contribution in [2.75, 3.05) is 0 Å². The van der Waals surface area contributed by atoms with Crippen molar-refractivity contribution in [3.05, 3.63) is 102 Å². The summed E-state index contributed by atoms with van der Waals surface area (Å²) in [5, 5.41) is 4.19. The zero-order chi connectivity index (χ0) is 25.6. The highest BCUT2D eigenvalue weighted by molar-refractivity contribution is 5.92. The predicted octanol–water partition coefficient (Wildman–Crippen LogP) is 5.46. The molecule has 0 unspecified atom stereocenters. The van der Waals surface area contributed by atoms with Crippen molar-refractivity contribution in [3.8, 4) is 0 Å². The molecule has 7 heteroatoms. The number of aromatic nitrogens is 2. The van der Waals surface area contributed by atoms with Crippen LogP contribution in [0, 0.1) is 5.82 Å². The van der Waals surface area contributed by atoms with Gasteiger partial charge in [-0.05, 0) is 59.9 Å². The number of fused-ring (bicyclic) bond motifs is 1. The number of pyridine rings is 1. The molecule has 2 N–H and O–H groups in total. The van der Waals surface area contributed by atoms with Gasteiger partial charge in [-0.2, -0.15) is 0 Å². The van der Waals surface area contributed by atoms with Crippen LogP contribution >= 0.6 is 0 Å². The van der Waals surface area contributed by atoms with E-state index in [-0.39, 0.29) is 36.6 Å². The van der Waals surface area contributed by atoms with Gasteiger partial charge in [-0.15, -0.1) is 0 Å². The Morgan fingerprint density at radius 1 is 1.00 bits per heavy atom. The second-order valence-electron chi connectivity index (χ2n) is 9.71. The van der Waals surface area contributed by atoms with Gasteiger partial charge in [-0.25, -0.2) is 4.39 Å². The van der Waals surface area contributed by atoms with Gasteiger partial charge in [0.25, 0.3) is 0 Å². The van der Waals surface area contributed by atoms with E-state index in [1.54, 1.807) is 41.6 Å². The van der Waals surface area contributed by atoms with Crippen LogP contribution in [-0.4, -0.2) is 32.7 Å². The number of hydrogen-bond acceptors (Lipinski definition) is 3. The molecule has 0 saturated heterocycles. The molecule has 6 nitrogen and oxygen atoms in total. The fraction of sp³-hybridized carbons (Fsp3) is 0.300. The molecule has 2 aromatic heterocycles. The fourth-order valence-electron chi connectivity index (χ4n) is 5.20. The summed E-state index contributed by atoms with van der Waals surface area (Å²) < 4.78 is 13.6. The standard InChI is InChI=1S/C30H31FN4O2/c31-24-12-10-21(11-13-24)20-35(28(36)18-23-19-33-27-9-5-4-8-26(23)27)29(22-14-16-32-17-15-22)30(37)34-25-6-2-1-3-7-25/h4-5,8-17,19,25,29,33H,1-3,6-7,18,20H2,(H,34,37)/t29-/m1/s1. The third-order valence-corrected chi connectivity index (χ3v) is 7.14. The van der Waals surface area contributed by atoms with Crippen LogP contribution in [0.5, 0.6) is 0 Å². The third kappa shape index (κ3) is 5.88. The molecule has 2 aromatic carbocycles. The van der Waals surface area contributed by atoms with E-state index in [1.165, 1.54) is 18.6 Å². The lowest BCUT2D eigenvalue weighted by Crippen LogP contribution is -2.47. The van der Waals surface area contributed by atoms with Crippen LogP contribution in [0.4, 0.5) is 4.39 Å². The van der Waals surface area contributed by atoms with Gasteiger partial charge in [0.1, 0.15) is 11.9 Å². The average Bonchev–Trinajstić information content (AvgIpc) is 3.33. The van der Waals surface area contributed by atoms with E-state index in [4.69, 9.17) is 0 Å². The van der Waals surface area contributed by atoms with Crippen molar-refractivity contribution in [1.29, 1.82) is 0 Å². The second-order valence-corrected chi connectivity index (χ2v) is 9.71. The Balaban J connectivity index is 1.50. The summed E-state index contributed by atoms with van der Waals surface area (Å²) in [5.41, 5.74) is 3.26. The molecule has 1 aliphatic carbocycles. The van der Waals surface area contributed by atoms with E-state index >= 15 is 0 Å². The van der Waals surface area contributed by atoms with Gasteiger partial charge < -0.3 is 15.2 Å². The van der Waals surface area contributed by atoms with Crippen LogP contribution < -0.4 is 5.32 Å². The number of amides is 2. The number of halogens is 1. The van der Waals surface area contributed by atoms with Crippen LogP contribution in [0.2, 0.25) is 0 Å². The number of nitrogens with one attached hydrogen (secondary N) is 2. The third-order valence-electron chi connectivity index (χ3n) is 7.14. The molecule has 4 aromatic rings. The maximum atomic E-state index is 14.0. The van der Waals surface area contributed by atoms with Gasteiger partial charge in [0.05, 0.1) is 6.42 Å². The fourth-order valence-corrected chi connectivity index (χ4v) is 5.20. The van der Waals surface area contributed by atoms with Gasteiger partial charge in [0.2, 0.25) is 11.8 Å². The van der Waals surface area contributed by atoms with Gasteiger partial charge in [0, 0.05) is 42.1 Å². The molecule has 1 saturated carbocycles. The van der Waals surface area contributed by atoms with Crippen molar-refractivity contribution in [1.82, 2.24) is 20.2 Å². The molecular formula is C30H31FN4O2. The summed E-state index contributed by atoms with van der Waals surface area (Å²) in [6, 6.07) is 16.7. The number of hydrogen-bond donors (Lipinski definition) is 2. The minimum absolute atomic E-state index is 0.0991. The number of nitrogens with zero attached hydrogens (tertiary/aromatic N) is 2. The first-order valence-electron chi connectivity index (χ1n) is 12.9. The summed E-state index contributed by atoms with van der Waals surface area (Å²) >= 11 is 0. The summed E-state index contributed by atoms with van der Waals surface area (Å²) in [4.78, 5) is 36.8. The minimum atomic E-state index is -0.840. The molecule has 0 radical (unpaired) electrons. The van der Waals surface area contributed by atoms with Crippen LogP contribution in [0.1, 0.15) is 54.8 Å². The van der Waals surface area contributed by atoms with Crippen LogP contribution in [0.3, 0.4) is 0 Å². The van der Waals surface area contributed by atoms with Gasteiger partial charge in [-0.3, -0.25) is 14.6 Å². The van der Waals surface area contributed by atoms with Crippen molar-refractivity contribution < 1.29 is 14.0 Å². The van der Waals surface area contributed by atoms with Gasteiger partial charge in [-0.1, -0.05) is 49.6 Å². The molecule has 190 valence electrons. The summed E-state index contributed by atoms with van der Waals surface area (Å²) in [6.45, 7) is 0.173. The molecule has 2 heterocycles. The molecule has 0 spiro atoms. The molecular weight excluding hydrogens is 467 g/mol. The van der Waals surface area contributed by atoms with Crippen LogP contribution in [-0.2, 0) is 22.6 Å². The molecule has 1 atom stereocenters. The Kier molecular flexibility index (Phi) is 7.59. The molecule has 1 fully saturated rings. The number of carbonyl (C=O) groups excluding carboxylic acids is 2. The normalized spacial score (nSPS) is 14.8. The first-order valence-corrected chi connectivity index (χ1v) is 12.9. The van der Waals surface area contributed by atoms with Crippen molar-refractivity contribution in [2.24, 2.45) is 0 Å². The number of benzene rings is 2. The second kappa shape index (κ2) is 11.4. The highest BCUT2D eigenvalue weighted by Gasteiger charge is 2.33. The Morgan fingerprint density at radius 2 is 1.73 bits per heavy atom. The molecule has 1 aliphatic rings. The highest BCUT2D eigenvalue weighted by Crippen LogP contribution is 2.27. The Bertz CT molecular complexity index is 1350. The average molecular weight is 499 g/mol. The first kappa shape index (κ1) is 24.7. The molecule has 0 aliphatic heterocycles. The summed E-state index contributed by atoms with van der Waals surface area (Å²) in [7, 11) is 0. The van der Waals surface area contributed by atoms with E-state index in [2.05, 4.69) is 15.3 Å². The minimum Gasteiger partial charge on any atom is -0.361 e. The first-order chi connectivity index (χ1) is 18.1. The lowest BCUT2D eigenvalue weighted by Gasteiger charge is -2.33. The Hall–Kier alpha value is -4.00. The van der Waals surface area contributed by atoms with E-state index in [0.717, 1.165) is 47.7 Å². The number of aromatic amines is 1. The highest BCUT2D eigenvalue weighted by atomic mass is 19.1.